The number of carbonyl (C=O) groups is 2. The van der Waals surface area contributed by atoms with Crippen molar-refractivity contribution in [1.29, 1.82) is 0 Å². The molecule has 5 nitrogen and oxygen atoms in total. The average Bonchev–Trinajstić information content (AvgIpc) is 2.33. The molecule has 0 aromatic heterocycles. The quantitative estimate of drug-likeness (QED) is 0.588. The minimum Gasteiger partial charge on any atom is -0.481 e. The molecule has 5 heteroatoms. The van der Waals surface area contributed by atoms with E-state index in [0.717, 1.165) is 12.8 Å². The first-order valence-electron chi connectivity index (χ1n) is 6.51. The highest BCUT2D eigenvalue weighted by atomic mass is 16.5. The maximum absolute atomic E-state index is 11.8. The molecule has 0 aromatic carbocycles. The number of carboxylic acid groups (broad SMARTS) is 1. The summed E-state index contributed by atoms with van der Waals surface area (Å²) in [6.07, 6.45) is 3.25. The van der Waals surface area contributed by atoms with Crippen LogP contribution in [0.25, 0.3) is 0 Å². The van der Waals surface area contributed by atoms with Crippen molar-refractivity contribution in [3.63, 3.8) is 0 Å². The Kier molecular flexibility index (Phi) is 8.37. The minimum absolute atomic E-state index is 0.0240. The van der Waals surface area contributed by atoms with Crippen molar-refractivity contribution in [2.45, 2.75) is 57.9 Å². The van der Waals surface area contributed by atoms with Crippen molar-refractivity contribution in [1.82, 2.24) is 5.32 Å². The maximum atomic E-state index is 11.8. The molecule has 0 aliphatic carbocycles. The van der Waals surface area contributed by atoms with Crippen LogP contribution in [-0.2, 0) is 14.3 Å². The van der Waals surface area contributed by atoms with Crippen LogP contribution >= 0.6 is 0 Å². The van der Waals surface area contributed by atoms with Gasteiger partial charge in [-0.1, -0.05) is 13.8 Å². The molecule has 0 saturated heterocycles. The van der Waals surface area contributed by atoms with E-state index >= 15 is 0 Å². The van der Waals surface area contributed by atoms with E-state index < -0.39 is 11.5 Å². The highest BCUT2D eigenvalue weighted by Crippen LogP contribution is 2.20. The van der Waals surface area contributed by atoms with Crippen molar-refractivity contribution < 1.29 is 19.4 Å². The summed E-state index contributed by atoms with van der Waals surface area (Å²) in [4.78, 5) is 22.6. The van der Waals surface area contributed by atoms with Crippen molar-refractivity contribution in [3.8, 4) is 0 Å². The molecule has 0 radical (unpaired) electrons. The van der Waals surface area contributed by atoms with Gasteiger partial charge in [0.15, 0.2) is 0 Å². The molecule has 0 unspecified atom stereocenters. The molecule has 0 fully saturated rings. The maximum Gasteiger partial charge on any atom is 0.305 e. The third-order valence-corrected chi connectivity index (χ3v) is 3.25. The normalized spacial score (nSPS) is 11.3. The standard InChI is InChI=1S/C13H25NO4/c1-4-13(5-2,10-12(16)17)14-11(15)8-6-7-9-18-3/h4-10H2,1-3H3,(H,14,15)(H,16,17). The number of nitrogens with one attached hydrogen (secondary N) is 1. The second kappa shape index (κ2) is 8.91. The lowest BCUT2D eigenvalue weighted by atomic mass is 9.88. The van der Waals surface area contributed by atoms with Gasteiger partial charge in [-0.05, 0) is 25.7 Å². The fraction of sp³-hybridized carbons (Fsp3) is 0.846. The third kappa shape index (κ3) is 6.59. The lowest BCUT2D eigenvalue weighted by Gasteiger charge is -2.31. The summed E-state index contributed by atoms with van der Waals surface area (Å²) in [5.74, 6) is -0.950. The summed E-state index contributed by atoms with van der Waals surface area (Å²) >= 11 is 0. The van der Waals surface area contributed by atoms with Crippen LogP contribution < -0.4 is 5.32 Å². The van der Waals surface area contributed by atoms with Crippen molar-refractivity contribution >= 4 is 11.9 Å². The van der Waals surface area contributed by atoms with Crippen LogP contribution in [0, 0.1) is 0 Å². The van der Waals surface area contributed by atoms with Gasteiger partial charge < -0.3 is 15.2 Å². The van der Waals surface area contributed by atoms with E-state index in [4.69, 9.17) is 9.84 Å². The van der Waals surface area contributed by atoms with E-state index in [0.29, 0.717) is 25.9 Å². The lowest BCUT2D eigenvalue weighted by Crippen LogP contribution is -2.49. The van der Waals surface area contributed by atoms with E-state index in [1.807, 2.05) is 13.8 Å². The topological polar surface area (TPSA) is 75.6 Å². The Morgan fingerprint density at radius 2 is 1.83 bits per heavy atom. The Morgan fingerprint density at radius 3 is 2.28 bits per heavy atom. The fourth-order valence-electron chi connectivity index (χ4n) is 1.90. The molecule has 1 amide bonds. The van der Waals surface area contributed by atoms with E-state index in [2.05, 4.69) is 5.32 Å². The first-order valence-corrected chi connectivity index (χ1v) is 6.51. The monoisotopic (exact) mass is 259 g/mol. The zero-order valence-electron chi connectivity index (χ0n) is 11.6. The molecule has 106 valence electrons. The number of aliphatic carboxylic acids is 1. The van der Waals surface area contributed by atoms with E-state index in [1.165, 1.54) is 0 Å². The number of methoxy groups -OCH3 is 1. The Bertz CT molecular complexity index is 262. The van der Waals surface area contributed by atoms with Gasteiger partial charge in [-0.25, -0.2) is 0 Å². The summed E-state index contributed by atoms with van der Waals surface area (Å²) in [5.41, 5.74) is -0.607. The highest BCUT2D eigenvalue weighted by molar-refractivity contribution is 5.78. The largest absolute Gasteiger partial charge is 0.481 e. The Labute approximate surface area is 109 Å². The number of hydrogen-bond acceptors (Lipinski definition) is 3. The first-order chi connectivity index (χ1) is 8.49. The summed E-state index contributed by atoms with van der Waals surface area (Å²) in [5, 5.41) is 11.8. The average molecular weight is 259 g/mol. The van der Waals surface area contributed by atoms with Gasteiger partial charge in [-0.3, -0.25) is 9.59 Å². The van der Waals surface area contributed by atoms with Crippen LogP contribution in [0.2, 0.25) is 0 Å². The fourth-order valence-corrected chi connectivity index (χ4v) is 1.90. The van der Waals surface area contributed by atoms with Gasteiger partial charge in [0.2, 0.25) is 5.91 Å². The van der Waals surface area contributed by atoms with E-state index in [9.17, 15) is 9.59 Å². The third-order valence-electron chi connectivity index (χ3n) is 3.25. The Morgan fingerprint density at radius 1 is 1.22 bits per heavy atom. The Hall–Kier alpha value is -1.10. The summed E-state index contributed by atoms with van der Waals surface area (Å²) in [6.45, 7) is 4.45. The number of carboxylic acids is 1. The molecule has 18 heavy (non-hydrogen) atoms. The van der Waals surface area contributed by atoms with Gasteiger partial charge >= 0.3 is 5.97 Å². The highest BCUT2D eigenvalue weighted by Gasteiger charge is 2.30. The predicted molar refractivity (Wildman–Crippen MR) is 69.4 cm³/mol. The van der Waals surface area contributed by atoms with Crippen LogP contribution in [0.3, 0.4) is 0 Å². The molecule has 0 rings (SSSR count). The lowest BCUT2D eigenvalue weighted by molar-refractivity contribution is -0.139. The predicted octanol–water partition coefficient (Wildman–Crippen LogP) is 1.95. The zero-order chi connectivity index (χ0) is 14.0. The van der Waals surface area contributed by atoms with Crippen LogP contribution in [0.15, 0.2) is 0 Å². The number of hydrogen-bond donors (Lipinski definition) is 2. The molecule has 2 N–H and O–H groups in total. The van der Waals surface area contributed by atoms with Gasteiger partial charge in [-0.2, -0.15) is 0 Å². The van der Waals surface area contributed by atoms with Crippen LogP contribution in [0.1, 0.15) is 52.4 Å². The van der Waals surface area contributed by atoms with Gasteiger partial charge in [-0.15, -0.1) is 0 Å². The Balaban J connectivity index is 4.22. The molecule has 0 aliphatic heterocycles. The number of unbranched alkanes of at least 4 members (excludes halogenated alkanes) is 1. The second-order valence-electron chi connectivity index (χ2n) is 4.56. The second-order valence-corrected chi connectivity index (χ2v) is 4.56. The van der Waals surface area contributed by atoms with Crippen LogP contribution in [-0.4, -0.2) is 36.2 Å². The van der Waals surface area contributed by atoms with Gasteiger partial charge in [0.1, 0.15) is 0 Å². The van der Waals surface area contributed by atoms with Crippen LogP contribution in [0.4, 0.5) is 0 Å². The molecular weight excluding hydrogens is 234 g/mol. The minimum atomic E-state index is -0.876. The molecule has 0 spiro atoms. The summed E-state index contributed by atoms with van der Waals surface area (Å²) < 4.78 is 4.91. The molecule has 0 saturated carbocycles. The molecular formula is C13H25NO4. The number of ether oxygens (including phenoxy) is 1. The van der Waals surface area contributed by atoms with Crippen molar-refractivity contribution in [3.05, 3.63) is 0 Å². The van der Waals surface area contributed by atoms with Crippen molar-refractivity contribution in [2.75, 3.05) is 13.7 Å². The number of carbonyl (C=O) groups excluding carboxylic acids is 1. The molecule has 0 aliphatic rings. The van der Waals surface area contributed by atoms with Gasteiger partial charge in [0.25, 0.3) is 0 Å². The summed E-state index contributed by atoms with van der Waals surface area (Å²) in [6, 6.07) is 0. The zero-order valence-corrected chi connectivity index (χ0v) is 11.6. The molecule has 0 heterocycles. The molecule has 0 aromatic rings. The number of amides is 1. The summed E-state index contributed by atoms with van der Waals surface area (Å²) in [7, 11) is 1.63. The van der Waals surface area contributed by atoms with Crippen LogP contribution in [0.5, 0.6) is 0 Å². The van der Waals surface area contributed by atoms with Gasteiger partial charge in [0.05, 0.1) is 6.42 Å². The van der Waals surface area contributed by atoms with Crippen molar-refractivity contribution in [2.24, 2.45) is 0 Å². The molecule has 0 bridgehead atoms. The first kappa shape index (κ1) is 16.9. The van der Waals surface area contributed by atoms with E-state index in [1.54, 1.807) is 7.11 Å². The SMILES string of the molecule is CCC(CC)(CC(=O)O)NC(=O)CCCCOC. The van der Waals surface area contributed by atoms with E-state index in [-0.39, 0.29) is 12.3 Å². The smallest absolute Gasteiger partial charge is 0.305 e. The molecule has 0 atom stereocenters. The number of rotatable bonds is 10. The van der Waals surface area contributed by atoms with Gasteiger partial charge in [0, 0.05) is 25.7 Å².